The second-order valence-electron chi connectivity index (χ2n) is 5.41. The fraction of sp³-hybridized carbons (Fsp3) is 0.929. The number of aliphatic imine (C=N–C) groups is 1. The first kappa shape index (κ1) is 19.7. The van der Waals surface area contributed by atoms with Gasteiger partial charge < -0.3 is 18.7 Å². The van der Waals surface area contributed by atoms with E-state index >= 15 is 0 Å². The maximum atomic E-state index is 6.01. The van der Waals surface area contributed by atoms with Crippen molar-refractivity contribution in [3.8, 4) is 0 Å². The number of hydrogen-bond acceptors (Lipinski definition) is 5. The quantitative estimate of drug-likeness (QED) is 0.400. The Balaban J connectivity index is 4.41. The standard InChI is InChI=1S/C14H33N3O2Si/c1-7-9-15-14(8-2)20(18-12-10-16(3)4)19-13-11-17(5)6/h20H,7-13H2,1-6H3. The van der Waals surface area contributed by atoms with Crippen molar-refractivity contribution < 1.29 is 8.85 Å². The van der Waals surface area contributed by atoms with Crippen molar-refractivity contribution in [2.24, 2.45) is 4.99 Å². The molecule has 0 heterocycles. The minimum atomic E-state index is -1.80. The zero-order valence-electron chi connectivity index (χ0n) is 14.2. The number of likely N-dealkylation sites (N-methyl/N-ethyl adjacent to an activating group) is 2. The summed E-state index contributed by atoms with van der Waals surface area (Å²) in [6, 6.07) is 0. The van der Waals surface area contributed by atoms with Gasteiger partial charge in [-0.1, -0.05) is 13.8 Å². The highest BCUT2D eigenvalue weighted by molar-refractivity contribution is 6.82. The number of hydrogen-bond donors (Lipinski definition) is 0. The number of rotatable bonds is 12. The maximum Gasteiger partial charge on any atom is 0.370 e. The molecule has 0 atom stereocenters. The van der Waals surface area contributed by atoms with Crippen molar-refractivity contribution in [1.29, 1.82) is 0 Å². The first-order valence-electron chi connectivity index (χ1n) is 7.57. The van der Waals surface area contributed by atoms with Crippen LogP contribution in [0.2, 0.25) is 0 Å². The Bertz CT molecular complexity index is 247. The molecule has 120 valence electrons. The Labute approximate surface area is 126 Å². The van der Waals surface area contributed by atoms with Crippen LogP contribution in [0.3, 0.4) is 0 Å². The molecule has 0 spiro atoms. The van der Waals surface area contributed by atoms with Gasteiger partial charge in [0.15, 0.2) is 0 Å². The molecular weight excluding hydrogens is 270 g/mol. The predicted octanol–water partition coefficient (Wildman–Crippen LogP) is 1.16. The van der Waals surface area contributed by atoms with E-state index in [0.717, 1.165) is 51.0 Å². The van der Waals surface area contributed by atoms with Gasteiger partial charge in [-0.2, -0.15) is 0 Å². The maximum absolute atomic E-state index is 6.01. The van der Waals surface area contributed by atoms with E-state index in [-0.39, 0.29) is 0 Å². The fourth-order valence-corrected chi connectivity index (χ4v) is 3.27. The van der Waals surface area contributed by atoms with Gasteiger partial charge in [-0.15, -0.1) is 0 Å². The minimum Gasteiger partial charge on any atom is -0.391 e. The highest BCUT2D eigenvalue weighted by Crippen LogP contribution is 2.00. The third-order valence-corrected chi connectivity index (χ3v) is 5.00. The predicted molar refractivity (Wildman–Crippen MR) is 89.0 cm³/mol. The lowest BCUT2D eigenvalue weighted by molar-refractivity contribution is 0.179. The molecule has 0 radical (unpaired) electrons. The molecular formula is C14H33N3O2Si. The molecule has 0 unspecified atom stereocenters. The Hall–Kier alpha value is -0.273. The zero-order valence-corrected chi connectivity index (χ0v) is 15.3. The molecule has 6 heteroatoms. The summed E-state index contributed by atoms with van der Waals surface area (Å²) in [5, 5.41) is 1.16. The summed E-state index contributed by atoms with van der Waals surface area (Å²) in [6.07, 6.45) is 2.00. The van der Waals surface area contributed by atoms with E-state index in [1.54, 1.807) is 0 Å². The normalized spacial score (nSPS) is 12.9. The molecule has 0 aromatic rings. The molecule has 0 amide bonds. The average Bonchev–Trinajstić information content (AvgIpc) is 2.38. The Morgan fingerprint density at radius 2 is 1.45 bits per heavy atom. The molecule has 0 fully saturated rings. The summed E-state index contributed by atoms with van der Waals surface area (Å²) in [5.41, 5.74) is 0. The molecule has 0 aromatic heterocycles. The second-order valence-corrected chi connectivity index (χ2v) is 7.40. The molecule has 0 rings (SSSR count). The van der Waals surface area contributed by atoms with Gasteiger partial charge in [-0.3, -0.25) is 4.99 Å². The average molecular weight is 304 g/mol. The van der Waals surface area contributed by atoms with E-state index in [1.807, 2.05) is 0 Å². The summed E-state index contributed by atoms with van der Waals surface area (Å²) in [5.74, 6) is 0. The summed E-state index contributed by atoms with van der Waals surface area (Å²) in [4.78, 5) is 8.91. The van der Waals surface area contributed by atoms with Crippen LogP contribution in [0.4, 0.5) is 0 Å². The monoisotopic (exact) mass is 303 g/mol. The van der Waals surface area contributed by atoms with Crippen LogP contribution in [-0.4, -0.2) is 85.5 Å². The molecule has 0 saturated carbocycles. The molecule has 0 bridgehead atoms. The summed E-state index contributed by atoms with van der Waals surface area (Å²) >= 11 is 0. The first-order chi connectivity index (χ1) is 9.51. The van der Waals surface area contributed by atoms with Crippen LogP contribution >= 0.6 is 0 Å². The van der Waals surface area contributed by atoms with Crippen molar-refractivity contribution in [2.45, 2.75) is 26.7 Å². The lowest BCUT2D eigenvalue weighted by Gasteiger charge is -2.20. The number of nitrogens with zero attached hydrogens (tertiary/aromatic N) is 3. The van der Waals surface area contributed by atoms with Gasteiger partial charge in [0.1, 0.15) is 0 Å². The third-order valence-electron chi connectivity index (χ3n) is 2.79. The second kappa shape index (κ2) is 12.5. The lowest BCUT2D eigenvalue weighted by atomic mass is 10.5. The van der Waals surface area contributed by atoms with E-state index in [9.17, 15) is 0 Å². The van der Waals surface area contributed by atoms with E-state index in [2.05, 4.69) is 56.8 Å². The Morgan fingerprint density at radius 3 is 1.80 bits per heavy atom. The van der Waals surface area contributed by atoms with Crippen LogP contribution in [0.5, 0.6) is 0 Å². The molecule has 0 N–H and O–H groups in total. The van der Waals surface area contributed by atoms with Crippen molar-refractivity contribution in [3.63, 3.8) is 0 Å². The third kappa shape index (κ3) is 10.5. The summed E-state index contributed by atoms with van der Waals surface area (Å²) in [7, 11) is 6.42. The van der Waals surface area contributed by atoms with Crippen molar-refractivity contribution in [2.75, 3.05) is 61.0 Å². The van der Waals surface area contributed by atoms with Crippen LogP contribution in [0, 0.1) is 0 Å². The largest absolute Gasteiger partial charge is 0.391 e. The van der Waals surface area contributed by atoms with Gasteiger partial charge >= 0.3 is 9.28 Å². The fourth-order valence-electron chi connectivity index (χ4n) is 1.53. The minimum absolute atomic E-state index is 0.719. The van der Waals surface area contributed by atoms with E-state index in [0.29, 0.717) is 0 Å². The molecule has 20 heavy (non-hydrogen) atoms. The summed E-state index contributed by atoms with van der Waals surface area (Å²) < 4.78 is 12.0. The van der Waals surface area contributed by atoms with Crippen LogP contribution < -0.4 is 0 Å². The summed E-state index contributed by atoms with van der Waals surface area (Å²) in [6.45, 7) is 8.44. The van der Waals surface area contributed by atoms with E-state index in [1.165, 1.54) is 0 Å². The molecule has 0 aliphatic rings. The highest BCUT2D eigenvalue weighted by atomic mass is 28.3. The molecule has 0 aliphatic heterocycles. The van der Waals surface area contributed by atoms with Crippen LogP contribution in [0.25, 0.3) is 0 Å². The van der Waals surface area contributed by atoms with Gasteiger partial charge in [0.05, 0.1) is 5.33 Å². The zero-order chi connectivity index (χ0) is 15.4. The van der Waals surface area contributed by atoms with Crippen molar-refractivity contribution in [1.82, 2.24) is 9.80 Å². The first-order valence-corrected chi connectivity index (χ1v) is 9.09. The van der Waals surface area contributed by atoms with Crippen LogP contribution in [-0.2, 0) is 8.85 Å². The Kier molecular flexibility index (Phi) is 12.3. The lowest BCUT2D eigenvalue weighted by Crippen LogP contribution is -2.37. The smallest absolute Gasteiger partial charge is 0.370 e. The van der Waals surface area contributed by atoms with E-state index in [4.69, 9.17) is 8.85 Å². The molecule has 0 saturated heterocycles. The molecule has 0 aliphatic carbocycles. The highest BCUT2D eigenvalue weighted by Gasteiger charge is 2.20. The van der Waals surface area contributed by atoms with Gasteiger partial charge in [-0.05, 0) is 41.0 Å². The van der Waals surface area contributed by atoms with Crippen molar-refractivity contribution in [3.05, 3.63) is 0 Å². The van der Waals surface area contributed by atoms with Gasteiger partial charge in [-0.25, -0.2) is 0 Å². The van der Waals surface area contributed by atoms with Crippen LogP contribution in [0.1, 0.15) is 26.7 Å². The van der Waals surface area contributed by atoms with Gasteiger partial charge in [0.25, 0.3) is 0 Å². The van der Waals surface area contributed by atoms with Crippen molar-refractivity contribution >= 4 is 14.6 Å². The Morgan fingerprint density at radius 1 is 0.950 bits per heavy atom. The van der Waals surface area contributed by atoms with Gasteiger partial charge in [0.2, 0.25) is 0 Å². The SMILES string of the molecule is CCCN=C(CC)[SiH](OCCN(C)C)OCCN(C)C. The van der Waals surface area contributed by atoms with Crippen LogP contribution in [0.15, 0.2) is 4.99 Å². The van der Waals surface area contributed by atoms with E-state index < -0.39 is 9.28 Å². The molecule has 0 aromatic carbocycles. The topological polar surface area (TPSA) is 37.3 Å². The molecule has 5 nitrogen and oxygen atoms in total. The van der Waals surface area contributed by atoms with Gasteiger partial charge in [0, 0.05) is 32.8 Å².